The van der Waals surface area contributed by atoms with Crippen molar-refractivity contribution >= 4 is 50.9 Å². The van der Waals surface area contributed by atoms with Crippen LogP contribution in [0.5, 0.6) is 11.5 Å². The molecule has 0 aliphatic heterocycles. The van der Waals surface area contributed by atoms with Crippen LogP contribution in [0.2, 0.25) is 5.02 Å². The second-order valence-electron chi connectivity index (χ2n) is 6.16. The minimum Gasteiger partial charge on any atom is -0.497 e. The minimum atomic E-state index is -0.472. The van der Waals surface area contributed by atoms with Gasteiger partial charge in [0.1, 0.15) is 16.4 Å². The molecule has 3 aromatic carbocycles. The number of carbonyl (C=O) groups excluding carboxylic acids is 1. The van der Waals surface area contributed by atoms with Gasteiger partial charge in [-0.05, 0) is 48.0 Å². The summed E-state index contributed by atoms with van der Waals surface area (Å²) in [5.74, 6) is 0.736. The lowest BCUT2D eigenvalue weighted by atomic mass is 10.2. The van der Waals surface area contributed by atoms with Gasteiger partial charge in [-0.25, -0.2) is 4.79 Å². The third kappa shape index (κ3) is 4.31. The van der Waals surface area contributed by atoms with Crippen molar-refractivity contribution in [3.05, 3.63) is 88.3 Å². The highest BCUT2D eigenvalue weighted by atomic mass is 35.5. The zero-order chi connectivity index (χ0) is 20.2. The number of methoxy groups -OCH3 is 1. The Morgan fingerprint density at radius 1 is 1.00 bits per heavy atom. The first-order valence-electron chi connectivity index (χ1n) is 8.81. The van der Waals surface area contributed by atoms with Crippen LogP contribution in [-0.4, -0.2) is 19.3 Å². The van der Waals surface area contributed by atoms with Gasteiger partial charge in [0, 0.05) is 16.3 Å². The van der Waals surface area contributed by atoms with Crippen molar-refractivity contribution in [1.82, 2.24) is 0 Å². The van der Waals surface area contributed by atoms with Crippen LogP contribution in [0.1, 0.15) is 15.2 Å². The standard InChI is InChI=1S/C23H16ClNO3S/c1-27-17-11-9-16(10-12-17)25-14-15-5-4-6-18(13-15)28-23(26)22-21(24)19-7-2-3-8-20(19)29-22/h2-14H,1H3. The van der Waals surface area contributed by atoms with Crippen molar-refractivity contribution in [1.29, 1.82) is 0 Å². The Morgan fingerprint density at radius 2 is 1.79 bits per heavy atom. The fourth-order valence-electron chi connectivity index (χ4n) is 2.77. The summed E-state index contributed by atoms with van der Waals surface area (Å²) in [6.45, 7) is 0. The van der Waals surface area contributed by atoms with E-state index in [1.54, 1.807) is 25.5 Å². The molecule has 0 fully saturated rings. The van der Waals surface area contributed by atoms with E-state index in [2.05, 4.69) is 4.99 Å². The lowest BCUT2D eigenvalue weighted by molar-refractivity contribution is 0.0740. The molecular weight excluding hydrogens is 406 g/mol. The second kappa shape index (κ2) is 8.47. The molecule has 0 amide bonds. The van der Waals surface area contributed by atoms with E-state index >= 15 is 0 Å². The topological polar surface area (TPSA) is 47.9 Å². The number of carbonyl (C=O) groups is 1. The molecule has 6 heteroatoms. The monoisotopic (exact) mass is 421 g/mol. The first kappa shape index (κ1) is 19.2. The maximum atomic E-state index is 12.6. The summed E-state index contributed by atoms with van der Waals surface area (Å²) in [6.07, 6.45) is 1.71. The van der Waals surface area contributed by atoms with Crippen LogP contribution < -0.4 is 9.47 Å². The number of rotatable bonds is 5. The SMILES string of the molecule is COc1ccc(N=Cc2cccc(OC(=O)c3sc4ccccc4c3Cl)c2)cc1. The maximum Gasteiger partial charge on any atom is 0.355 e. The van der Waals surface area contributed by atoms with Crippen molar-refractivity contribution in [2.75, 3.05) is 7.11 Å². The molecule has 0 N–H and O–H groups in total. The van der Waals surface area contributed by atoms with Gasteiger partial charge in [0.15, 0.2) is 0 Å². The predicted octanol–water partition coefficient (Wildman–Crippen LogP) is 6.53. The zero-order valence-corrected chi connectivity index (χ0v) is 17.0. The van der Waals surface area contributed by atoms with Crippen molar-refractivity contribution in [2.45, 2.75) is 0 Å². The van der Waals surface area contributed by atoms with Gasteiger partial charge in [-0.15, -0.1) is 11.3 Å². The summed E-state index contributed by atoms with van der Waals surface area (Å²) in [5, 5.41) is 1.28. The molecule has 144 valence electrons. The van der Waals surface area contributed by atoms with E-state index in [0.717, 1.165) is 27.1 Å². The van der Waals surface area contributed by atoms with E-state index in [9.17, 15) is 4.79 Å². The van der Waals surface area contributed by atoms with E-state index in [-0.39, 0.29) is 0 Å². The molecule has 4 rings (SSSR count). The number of thiophene rings is 1. The molecule has 0 unspecified atom stereocenters. The Hall–Kier alpha value is -3.15. The highest BCUT2D eigenvalue weighted by Gasteiger charge is 2.18. The molecule has 1 aromatic heterocycles. The molecule has 1 heterocycles. The molecule has 0 aliphatic carbocycles. The molecule has 29 heavy (non-hydrogen) atoms. The second-order valence-corrected chi connectivity index (χ2v) is 7.59. The van der Waals surface area contributed by atoms with Crippen LogP contribution in [0, 0.1) is 0 Å². The summed E-state index contributed by atoms with van der Waals surface area (Å²) < 4.78 is 11.6. The number of benzene rings is 3. The number of halogens is 1. The van der Waals surface area contributed by atoms with Crippen LogP contribution in [0.25, 0.3) is 10.1 Å². The predicted molar refractivity (Wildman–Crippen MR) is 118 cm³/mol. The normalized spacial score (nSPS) is 11.1. The summed E-state index contributed by atoms with van der Waals surface area (Å²) in [4.78, 5) is 17.4. The first-order chi connectivity index (χ1) is 14.1. The molecule has 4 aromatic rings. The molecule has 0 saturated carbocycles. The van der Waals surface area contributed by atoms with Crippen LogP contribution in [0.4, 0.5) is 5.69 Å². The highest BCUT2D eigenvalue weighted by Crippen LogP contribution is 2.35. The molecule has 0 aliphatic rings. The zero-order valence-electron chi connectivity index (χ0n) is 15.5. The Balaban J connectivity index is 1.51. The number of aliphatic imine (C=N–C) groups is 1. The summed E-state index contributed by atoms with van der Waals surface area (Å²) >= 11 is 7.69. The Morgan fingerprint density at radius 3 is 2.55 bits per heavy atom. The molecule has 0 bridgehead atoms. The van der Waals surface area contributed by atoms with E-state index in [1.165, 1.54) is 11.3 Å². The number of ether oxygens (including phenoxy) is 2. The van der Waals surface area contributed by atoms with Gasteiger partial charge < -0.3 is 9.47 Å². The van der Waals surface area contributed by atoms with Gasteiger partial charge in [0.25, 0.3) is 0 Å². The van der Waals surface area contributed by atoms with Gasteiger partial charge in [0.05, 0.1) is 17.8 Å². The molecule has 0 saturated heterocycles. The number of nitrogens with zero attached hydrogens (tertiary/aromatic N) is 1. The molecule has 4 nitrogen and oxygen atoms in total. The molecule has 0 atom stereocenters. The number of hydrogen-bond acceptors (Lipinski definition) is 5. The number of esters is 1. The Kier molecular flexibility index (Phi) is 5.60. The number of fused-ring (bicyclic) bond motifs is 1. The lowest BCUT2D eigenvalue weighted by Gasteiger charge is -2.04. The van der Waals surface area contributed by atoms with E-state index < -0.39 is 5.97 Å². The van der Waals surface area contributed by atoms with E-state index in [4.69, 9.17) is 21.1 Å². The van der Waals surface area contributed by atoms with Crippen molar-refractivity contribution in [3.8, 4) is 11.5 Å². The quantitative estimate of drug-likeness (QED) is 0.209. The van der Waals surface area contributed by atoms with Gasteiger partial charge in [0.2, 0.25) is 0 Å². The van der Waals surface area contributed by atoms with Crippen LogP contribution >= 0.6 is 22.9 Å². The summed E-state index contributed by atoms with van der Waals surface area (Å²) in [7, 11) is 1.62. The van der Waals surface area contributed by atoms with Crippen LogP contribution in [-0.2, 0) is 0 Å². The Labute approximate surface area is 177 Å². The molecular formula is C23H16ClNO3S. The van der Waals surface area contributed by atoms with Gasteiger partial charge in [-0.2, -0.15) is 0 Å². The van der Waals surface area contributed by atoms with Crippen molar-refractivity contribution in [2.24, 2.45) is 4.99 Å². The average molecular weight is 422 g/mol. The lowest BCUT2D eigenvalue weighted by Crippen LogP contribution is -2.07. The van der Waals surface area contributed by atoms with Gasteiger partial charge in [-0.3, -0.25) is 4.99 Å². The van der Waals surface area contributed by atoms with E-state index in [0.29, 0.717) is 15.6 Å². The third-order valence-corrected chi connectivity index (χ3v) is 5.88. The number of hydrogen-bond donors (Lipinski definition) is 0. The van der Waals surface area contributed by atoms with Crippen molar-refractivity contribution in [3.63, 3.8) is 0 Å². The largest absolute Gasteiger partial charge is 0.497 e. The highest BCUT2D eigenvalue weighted by molar-refractivity contribution is 7.21. The first-order valence-corrected chi connectivity index (χ1v) is 10.0. The van der Waals surface area contributed by atoms with E-state index in [1.807, 2.05) is 60.7 Å². The van der Waals surface area contributed by atoms with Gasteiger partial charge >= 0.3 is 5.97 Å². The summed E-state index contributed by atoms with van der Waals surface area (Å²) in [5.41, 5.74) is 1.61. The minimum absolute atomic E-state index is 0.394. The van der Waals surface area contributed by atoms with Gasteiger partial charge in [-0.1, -0.05) is 41.9 Å². The fourth-order valence-corrected chi connectivity index (χ4v) is 4.16. The fraction of sp³-hybridized carbons (Fsp3) is 0.0435. The Bertz CT molecular complexity index is 1200. The summed E-state index contributed by atoms with van der Waals surface area (Å²) in [6, 6.07) is 22.2. The van der Waals surface area contributed by atoms with Crippen LogP contribution in [0.3, 0.4) is 0 Å². The van der Waals surface area contributed by atoms with Crippen LogP contribution in [0.15, 0.2) is 77.8 Å². The molecule has 0 spiro atoms. The third-order valence-electron chi connectivity index (χ3n) is 4.22. The average Bonchev–Trinajstić information content (AvgIpc) is 3.10. The van der Waals surface area contributed by atoms with Crippen molar-refractivity contribution < 1.29 is 14.3 Å². The smallest absolute Gasteiger partial charge is 0.355 e. The molecule has 0 radical (unpaired) electrons. The maximum absolute atomic E-state index is 12.6.